The lowest BCUT2D eigenvalue weighted by molar-refractivity contribution is -0.124. The molecule has 3 unspecified atom stereocenters. The standard InChI is InChI=1S/C31H33NO5S/c1-31(2)24-19-23(29(31)28(33)20-24)17-18-38(35,36)37-32(3)30(34)27-16-15-22(25-11-7-8-12-26(25)27)14-13-21-9-5-4-6-10-21/h4-16,23-24,29H,17-20H2,1-3H3/b14-13+. The summed E-state index contributed by atoms with van der Waals surface area (Å²) in [4.78, 5) is 25.7. The van der Waals surface area contributed by atoms with Crippen molar-refractivity contribution in [1.29, 1.82) is 0 Å². The van der Waals surface area contributed by atoms with Crippen molar-refractivity contribution in [2.45, 2.75) is 33.1 Å². The number of amides is 1. The van der Waals surface area contributed by atoms with Crippen LogP contribution >= 0.6 is 0 Å². The van der Waals surface area contributed by atoms with Crippen LogP contribution in [-0.2, 0) is 19.2 Å². The largest absolute Gasteiger partial charge is 0.299 e. The van der Waals surface area contributed by atoms with Crippen molar-refractivity contribution in [2.75, 3.05) is 12.8 Å². The molecule has 198 valence electrons. The summed E-state index contributed by atoms with van der Waals surface area (Å²) in [6.45, 7) is 4.22. The zero-order chi connectivity index (χ0) is 27.1. The first-order valence-electron chi connectivity index (χ1n) is 13.0. The molecule has 5 rings (SSSR count). The highest BCUT2D eigenvalue weighted by molar-refractivity contribution is 7.86. The molecule has 38 heavy (non-hydrogen) atoms. The highest BCUT2D eigenvalue weighted by Gasteiger charge is 2.57. The second-order valence-corrected chi connectivity index (χ2v) is 12.8. The van der Waals surface area contributed by atoms with Gasteiger partial charge in [-0.1, -0.05) is 86.7 Å². The van der Waals surface area contributed by atoms with Gasteiger partial charge < -0.3 is 0 Å². The number of benzene rings is 3. The van der Waals surface area contributed by atoms with E-state index in [1.165, 1.54) is 7.05 Å². The van der Waals surface area contributed by atoms with E-state index in [1.807, 2.05) is 72.8 Å². The average Bonchev–Trinajstić information content (AvgIpc) is 3.27. The van der Waals surface area contributed by atoms with Gasteiger partial charge in [-0.05, 0) is 58.1 Å². The molecule has 1 amide bonds. The van der Waals surface area contributed by atoms with Crippen LogP contribution in [0.5, 0.6) is 0 Å². The lowest BCUT2D eigenvalue weighted by atomic mass is 9.79. The Labute approximate surface area is 224 Å². The molecule has 3 aromatic carbocycles. The normalized spacial score (nSPS) is 22.4. The van der Waals surface area contributed by atoms with Gasteiger partial charge in [0.2, 0.25) is 0 Å². The molecule has 0 aliphatic heterocycles. The third-order valence-electron chi connectivity index (χ3n) is 8.40. The van der Waals surface area contributed by atoms with E-state index in [9.17, 15) is 18.0 Å². The van der Waals surface area contributed by atoms with Crippen LogP contribution in [0.3, 0.4) is 0 Å². The lowest BCUT2D eigenvalue weighted by Gasteiger charge is -2.25. The van der Waals surface area contributed by atoms with Crippen molar-refractivity contribution in [3.63, 3.8) is 0 Å². The molecule has 6 nitrogen and oxygen atoms in total. The number of rotatable bonds is 8. The molecule has 7 heteroatoms. The Hall–Kier alpha value is -3.29. The smallest absolute Gasteiger partial charge is 0.288 e. The van der Waals surface area contributed by atoms with Crippen LogP contribution in [0, 0.1) is 23.2 Å². The van der Waals surface area contributed by atoms with Gasteiger partial charge >= 0.3 is 0 Å². The molecule has 0 heterocycles. The maximum Gasteiger partial charge on any atom is 0.288 e. The summed E-state index contributed by atoms with van der Waals surface area (Å²) in [6.07, 6.45) is 5.83. The summed E-state index contributed by atoms with van der Waals surface area (Å²) in [5, 5.41) is 2.39. The van der Waals surface area contributed by atoms with Crippen LogP contribution < -0.4 is 0 Å². The zero-order valence-electron chi connectivity index (χ0n) is 22.0. The van der Waals surface area contributed by atoms with E-state index in [2.05, 4.69) is 13.8 Å². The van der Waals surface area contributed by atoms with Gasteiger partial charge in [0, 0.05) is 24.9 Å². The van der Waals surface area contributed by atoms with E-state index < -0.39 is 16.0 Å². The van der Waals surface area contributed by atoms with E-state index >= 15 is 0 Å². The van der Waals surface area contributed by atoms with Gasteiger partial charge in [-0.2, -0.15) is 8.42 Å². The molecular weight excluding hydrogens is 498 g/mol. The number of fused-ring (bicyclic) bond motifs is 3. The maximum atomic E-state index is 13.3. The van der Waals surface area contributed by atoms with Gasteiger partial charge in [-0.15, -0.1) is 4.28 Å². The Kier molecular flexibility index (Phi) is 7.01. The lowest BCUT2D eigenvalue weighted by Crippen LogP contribution is -2.32. The van der Waals surface area contributed by atoms with Gasteiger partial charge in [-0.3, -0.25) is 9.59 Å². The fourth-order valence-electron chi connectivity index (χ4n) is 6.46. The first-order valence-corrected chi connectivity index (χ1v) is 14.6. The maximum absolute atomic E-state index is 13.3. The molecule has 2 saturated carbocycles. The molecular formula is C31H33NO5S. The van der Waals surface area contributed by atoms with Crippen LogP contribution in [0.25, 0.3) is 22.9 Å². The Bertz CT molecular complexity index is 1510. The minimum absolute atomic E-state index is 0.0380. The number of ketones is 1. The summed E-state index contributed by atoms with van der Waals surface area (Å²) in [5.41, 5.74) is 2.28. The van der Waals surface area contributed by atoms with E-state index in [0.29, 0.717) is 29.7 Å². The van der Waals surface area contributed by atoms with Crippen molar-refractivity contribution in [3.05, 3.63) is 83.4 Å². The van der Waals surface area contributed by atoms with Crippen molar-refractivity contribution in [3.8, 4) is 0 Å². The Balaban J connectivity index is 1.29. The number of carbonyl (C=O) groups is 2. The fraction of sp³-hybridized carbons (Fsp3) is 0.355. The summed E-state index contributed by atoms with van der Waals surface area (Å²) >= 11 is 0. The number of hydrogen-bond donors (Lipinski definition) is 0. The fourth-order valence-corrected chi connectivity index (χ4v) is 7.53. The number of hydrogen-bond acceptors (Lipinski definition) is 5. The Morgan fingerprint density at radius 1 is 1.00 bits per heavy atom. The number of hydroxylamine groups is 2. The number of nitrogens with zero attached hydrogens (tertiary/aromatic N) is 1. The number of carbonyl (C=O) groups excluding carboxylic acids is 2. The average molecular weight is 532 g/mol. The second kappa shape index (κ2) is 10.1. The predicted octanol–water partition coefficient (Wildman–Crippen LogP) is 5.99. The quantitative estimate of drug-likeness (QED) is 0.264. The Morgan fingerprint density at radius 3 is 2.37 bits per heavy atom. The van der Waals surface area contributed by atoms with Crippen LogP contribution in [0.15, 0.2) is 66.7 Å². The van der Waals surface area contributed by atoms with Crippen molar-refractivity contribution < 1.29 is 22.3 Å². The van der Waals surface area contributed by atoms with Crippen LogP contribution in [0.4, 0.5) is 0 Å². The van der Waals surface area contributed by atoms with Crippen molar-refractivity contribution in [2.24, 2.45) is 23.2 Å². The SMILES string of the molecule is CN(OS(=O)(=O)CCC1CC2CC(=O)C1C2(C)C)C(=O)c1ccc(/C=C/c2ccccc2)c2ccccc12. The monoisotopic (exact) mass is 531 g/mol. The Morgan fingerprint density at radius 2 is 1.68 bits per heavy atom. The van der Waals surface area contributed by atoms with E-state index in [0.717, 1.165) is 28.0 Å². The molecule has 2 bridgehead atoms. The van der Waals surface area contributed by atoms with E-state index in [-0.39, 0.29) is 28.8 Å². The molecule has 0 saturated heterocycles. The predicted molar refractivity (Wildman–Crippen MR) is 149 cm³/mol. The summed E-state index contributed by atoms with van der Waals surface area (Å²) < 4.78 is 30.8. The highest BCUT2D eigenvalue weighted by Crippen LogP contribution is 2.59. The molecule has 0 N–H and O–H groups in total. The summed E-state index contributed by atoms with van der Waals surface area (Å²) in [7, 11) is -2.69. The molecule has 0 spiro atoms. The third kappa shape index (κ3) is 5.05. The topological polar surface area (TPSA) is 80.8 Å². The molecule has 0 radical (unpaired) electrons. The summed E-state index contributed by atoms with van der Waals surface area (Å²) in [6, 6.07) is 21.0. The number of Topliss-reactive ketones (excluding diaryl/α,β-unsaturated/α-hetero) is 1. The van der Waals surface area contributed by atoms with Crippen LogP contribution in [-0.4, -0.2) is 38.0 Å². The minimum Gasteiger partial charge on any atom is -0.299 e. The molecule has 2 aliphatic carbocycles. The van der Waals surface area contributed by atoms with Crippen LogP contribution in [0.1, 0.15) is 54.6 Å². The van der Waals surface area contributed by atoms with Gasteiger partial charge in [0.25, 0.3) is 16.0 Å². The van der Waals surface area contributed by atoms with E-state index in [4.69, 9.17) is 4.28 Å². The molecule has 2 fully saturated rings. The van der Waals surface area contributed by atoms with Gasteiger partial charge in [-0.25, -0.2) is 5.06 Å². The molecule has 3 atom stereocenters. The minimum atomic E-state index is -4.01. The first-order chi connectivity index (χ1) is 18.1. The molecule has 0 aromatic heterocycles. The summed E-state index contributed by atoms with van der Waals surface area (Å²) in [5.74, 6) is -0.266. The van der Waals surface area contributed by atoms with Gasteiger partial charge in [0.1, 0.15) is 5.78 Å². The molecule has 2 aliphatic rings. The van der Waals surface area contributed by atoms with Crippen molar-refractivity contribution >= 4 is 44.7 Å². The van der Waals surface area contributed by atoms with Gasteiger partial charge in [0.15, 0.2) is 0 Å². The highest BCUT2D eigenvalue weighted by atomic mass is 32.2. The second-order valence-electron chi connectivity index (χ2n) is 11.1. The van der Waals surface area contributed by atoms with Gasteiger partial charge in [0.05, 0.1) is 5.75 Å². The first kappa shape index (κ1) is 26.3. The zero-order valence-corrected chi connectivity index (χ0v) is 22.8. The third-order valence-corrected chi connectivity index (χ3v) is 9.59. The van der Waals surface area contributed by atoms with E-state index in [1.54, 1.807) is 6.07 Å². The van der Waals surface area contributed by atoms with Crippen molar-refractivity contribution in [1.82, 2.24) is 5.06 Å². The molecule has 3 aromatic rings. The van der Waals surface area contributed by atoms with Crippen LogP contribution in [0.2, 0.25) is 0 Å².